The average molecular weight is 239 g/mol. The summed E-state index contributed by atoms with van der Waals surface area (Å²) in [5, 5.41) is 9.71. The van der Waals surface area contributed by atoms with Crippen molar-refractivity contribution in [2.24, 2.45) is 0 Å². The summed E-state index contributed by atoms with van der Waals surface area (Å²) in [7, 11) is 0. The Bertz CT molecular complexity index is 263. The van der Waals surface area contributed by atoms with E-state index < -0.39 is 30.5 Å². The van der Waals surface area contributed by atoms with Crippen molar-refractivity contribution >= 4 is 5.91 Å². The molecule has 0 radical (unpaired) electrons. The molecule has 1 unspecified atom stereocenters. The molecule has 0 aromatic heterocycles. The molecule has 1 aliphatic rings. The Morgan fingerprint density at radius 3 is 2.62 bits per heavy atom. The van der Waals surface area contributed by atoms with Crippen LogP contribution in [0.2, 0.25) is 0 Å². The Morgan fingerprint density at radius 2 is 2.12 bits per heavy atom. The third-order valence-corrected chi connectivity index (χ3v) is 2.65. The minimum atomic E-state index is -4.30. The van der Waals surface area contributed by atoms with Crippen molar-refractivity contribution in [1.29, 1.82) is 0 Å². The first-order valence-electron chi connectivity index (χ1n) is 5.26. The number of rotatable bonds is 2. The molecule has 94 valence electrons. The molecule has 1 heterocycles. The molecular formula is C10H16F3NO2. The van der Waals surface area contributed by atoms with Crippen LogP contribution < -0.4 is 0 Å². The second kappa shape index (κ2) is 4.61. The van der Waals surface area contributed by atoms with E-state index in [0.29, 0.717) is 19.4 Å². The smallest absolute Gasteiger partial charge is 0.388 e. The van der Waals surface area contributed by atoms with Crippen LogP contribution in [0.5, 0.6) is 0 Å². The summed E-state index contributed by atoms with van der Waals surface area (Å²) in [4.78, 5) is 12.8. The number of carbonyl (C=O) groups excluding carboxylic acids is 1. The van der Waals surface area contributed by atoms with Crippen LogP contribution in [0.3, 0.4) is 0 Å². The number of carbonyl (C=O) groups is 1. The van der Waals surface area contributed by atoms with Gasteiger partial charge in [0.1, 0.15) is 0 Å². The number of β-amino-alcohol motifs (C(OH)–C–C–N with tert-alkyl or cyclic N) is 1. The van der Waals surface area contributed by atoms with Crippen molar-refractivity contribution in [2.75, 3.05) is 13.1 Å². The Hall–Kier alpha value is -0.780. The quantitative estimate of drug-likeness (QED) is 0.796. The van der Waals surface area contributed by atoms with Crippen molar-refractivity contribution in [1.82, 2.24) is 4.90 Å². The summed E-state index contributed by atoms with van der Waals surface area (Å²) in [6, 6.07) is 0. The molecule has 1 amide bonds. The highest BCUT2D eigenvalue weighted by Gasteiger charge is 2.33. The minimum Gasteiger partial charge on any atom is -0.388 e. The fraction of sp³-hybridized carbons (Fsp3) is 0.900. The molecule has 1 N–H and O–H groups in total. The lowest BCUT2D eigenvalue weighted by Gasteiger charge is -2.36. The van der Waals surface area contributed by atoms with E-state index in [2.05, 4.69) is 0 Å². The van der Waals surface area contributed by atoms with E-state index in [9.17, 15) is 23.1 Å². The third kappa shape index (κ3) is 4.38. The largest absolute Gasteiger partial charge is 0.389 e. The van der Waals surface area contributed by atoms with Gasteiger partial charge in [-0.3, -0.25) is 4.79 Å². The lowest BCUT2D eigenvalue weighted by Crippen LogP contribution is -2.48. The molecule has 0 spiro atoms. The third-order valence-electron chi connectivity index (χ3n) is 2.65. The van der Waals surface area contributed by atoms with Crippen LogP contribution in [0.15, 0.2) is 0 Å². The predicted molar refractivity (Wildman–Crippen MR) is 51.7 cm³/mol. The van der Waals surface area contributed by atoms with Gasteiger partial charge in [0.05, 0.1) is 12.0 Å². The van der Waals surface area contributed by atoms with E-state index in [1.807, 2.05) is 0 Å². The van der Waals surface area contributed by atoms with Crippen molar-refractivity contribution < 1.29 is 23.1 Å². The summed E-state index contributed by atoms with van der Waals surface area (Å²) >= 11 is 0. The molecule has 1 atom stereocenters. The molecule has 0 bridgehead atoms. The van der Waals surface area contributed by atoms with Gasteiger partial charge in [0.25, 0.3) is 0 Å². The zero-order chi connectivity index (χ0) is 12.4. The first kappa shape index (κ1) is 13.3. The number of amides is 1. The van der Waals surface area contributed by atoms with Gasteiger partial charge < -0.3 is 10.0 Å². The van der Waals surface area contributed by atoms with Crippen molar-refractivity contribution in [2.45, 2.75) is 44.4 Å². The lowest BCUT2D eigenvalue weighted by atomic mass is 9.95. The van der Waals surface area contributed by atoms with Crippen LogP contribution in [0, 0.1) is 0 Å². The van der Waals surface area contributed by atoms with Crippen molar-refractivity contribution in [3.63, 3.8) is 0 Å². The molecule has 0 saturated carbocycles. The summed E-state index contributed by atoms with van der Waals surface area (Å²) < 4.78 is 35.7. The number of nitrogens with zero attached hydrogens (tertiary/aromatic N) is 1. The molecule has 0 aromatic carbocycles. The summed E-state index contributed by atoms with van der Waals surface area (Å²) in [6.45, 7) is 2.16. The van der Waals surface area contributed by atoms with Crippen molar-refractivity contribution in [3.05, 3.63) is 0 Å². The van der Waals surface area contributed by atoms with Gasteiger partial charge in [0.15, 0.2) is 0 Å². The van der Waals surface area contributed by atoms with Gasteiger partial charge in [0, 0.05) is 19.5 Å². The first-order chi connectivity index (χ1) is 7.20. The lowest BCUT2D eigenvalue weighted by molar-refractivity contribution is -0.152. The number of halogens is 3. The molecule has 1 fully saturated rings. The standard InChI is InChI=1S/C10H16F3NO2/c1-9(16)4-2-6-14(7-9)8(15)3-5-10(11,12)13/h16H,2-7H2,1H3. The van der Waals surface area contributed by atoms with E-state index in [4.69, 9.17) is 0 Å². The van der Waals surface area contributed by atoms with Crippen LogP contribution in [-0.4, -0.2) is 40.8 Å². The number of likely N-dealkylation sites (tertiary alicyclic amines) is 1. The number of hydrogen-bond donors (Lipinski definition) is 1. The Labute approximate surface area is 92.2 Å². The van der Waals surface area contributed by atoms with Crippen LogP contribution in [-0.2, 0) is 4.79 Å². The second-order valence-corrected chi connectivity index (χ2v) is 4.53. The van der Waals surface area contributed by atoms with E-state index in [1.165, 1.54) is 4.90 Å². The zero-order valence-corrected chi connectivity index (χ0v) is 9.18. The normalized spacial score (nSPS) is 26.9. The molecule has 1 aliphatic heterocycles. The Balaban J connectivity index is 2.42. The average Bonchev–Trinajstić information content (AvgIpc) is 2.11. The highest BCUT2D eigenvalue weighted by molar-refractivity contribution is 5.76. The van der Waals surface area contributed by atoms with Gasteiger partial charge in [-0.25, -0.2) is 0 Å². The molecule has 0 aromatic rings. The van der Waals surface area contributed by atoms with E-state index >= 15 is 0 Å². The second-order valence-electron chi connectivity index (χ2n) is 4.53. The zero-order valence-electron chi connectivity index (χ0n) is 9.18. The Kier molecular flexibility index (Phi) is 3.83. The maximum Gasteiger partial charge on any atom is 0.389 e. The molecule has 6 heteroatoms. The fourth-order valence-electron chi connectivity index (χ4n) is 1.84. The topological polar surface area (TPSA) is 40.5 Å². The molecule has 1 saturated heterocycles. The van der Waals surface area contributed by atoms with E-state index in [0.717, 1.165) is 0 Å². The number of aliphatic hydroxyl groups is 1. The molecule has 1 rings (SSSR count). The van der Waals surface area contributed by atoms with E-state index in [-0.39, 0.29) is 6.54 Å². The first-order valence-corrected chi connectivity index (χ1v) is 5.26. The van der Waals surface area contributed by atoms with E-state index in [1.54, 1.807) is 6.92 Å². The van der Waals surface area contributed by atoms with Crippen LogP contribution >= 0.6 is 0 Å². The van der Waals surface area contributed by atoms with Crippen LogP contribution in [0.1, 0.15) is 32.6 Å². The maximum atomic E-state index is 11.9. The summed E-state index contributed by atoms with van der Waals surface area (Å²) in [6.07, 6.45) is -4.71. The monoisotopic (exact) mass is 239 g/mol. The minimum absolute atomic E-state index is 0.129. The van der Waals surface area contributed by atoms with Gasteiger partial charge in [-0.1, -0.05) is 0 Å². The highest BCUT2D eigenvalue weighted by Crippen LogP contribution is 2.24. The van der Waals surface area contributed by atoms with Gasteiger partial charge in [-0.15, -0.1) is 0 Å². The molecule has 3 nitrogen and oxygen atoms in total. The van der Waals surface area contributed by atoms with Gasteiger partial charge in [-0.05, 0) is 19.8 Å². The maximum absolute atomic E-state index is 11.9. The summed E-state index contributed by atoms with van der Waals surface area (Å²) in [5.41, 5.74) is -0.966. The highest BCUT2D eigenvalue weighted by atomic mass is 19.4. The summed E-state index contributed by atoms with van der Waals surface area (Å²) in [5.74, 6) is -0.530. The Morgan fingerprint density at radius 1 is 1.50 bits per heavy atom. The number of hydrogen-bond acceptors (Lipinski definition) is 2. The fourth-order valence-corrected chi connectivity index (χ4v) is 1.84. The predicted octanol–water partition coefficient (Wildman–Crippen LogP) is 1.70. The SMILES string of the molecule is CC1(O)CCCN(C(=O)CCC(F)(F)F)C1. The van der Waals surface area contributed by atoms with Gasteiger partial charge >= 0.3 is 6.18 Å². The van der Waals surface area contributed by atoms with Crippen LogP contribution in [0.25, 0.3) is 0 Å². The molecular weight excluding hydrogens is 223 g/mol. The molecule has 0 aliphatic carbocycles. The van der Waals surface area contributed by atoms with Crippen LogP contribution in [0.4, 0.5) is 13.2 Å². The number of piperidine rings is 1. The van der Waals surface area contributed by atoms with Gasteiger partial charge in [-0.2, -0.15) is 13.2 Å². The van der Waals surface area contributed by atoms with Crippen molar-refractivity contribution in [3.8, 4) is 0 Å². The molecule has 16 heavy (non-hydrogen) atoms. The van der Waals surface area contributed by atoms with Gasteiger partial charge in [0.2, 0.25) is 5.91 Å². The number of alkyl halides is 3.